The topological polar surface area (TPSA) is 50.4 Å². The second kappa shape index (κ2) is 8.39. The van der Waals surface area contributed by atoms with E-state index >= 15 is 0 Å². The van der Waals surface area contributed by atoms with Crippen LogP contribution in [0.15, 0.2) is 36.4 Å². The lowest BCUT2D eigenvalue weighted by molar-refractivity contribution is 0.250. The van der Waals surface area contributed by atoms with Crippen LogP contribution < -0.4 is 15.4 Å². The molecular formula is C20H26N2O2. The van der Waals surface area contributed by atoms with Crippen LogP contribution in [-0.2, 0) is 0 Å². The summed E-state index contributed by atoms with van der Waals surface area (Å²) >= 11 is 0. The fourth-order valence-corrected chi connectivity index (χ4v) is 2.70. The number of carbonyl (C=O) groups is 1. The first-order chi connectivity index (χ1) is 11.5. The van der Waals surface area contributed by atoms with Crippen LogP contribution in [0.3, 0.4) is 0 Å². The summed E-state index contributed by atoms with van der Waals surface area (Å²) in [5.41, 5.74) is 5.35. The van der Waals surface area contributed by atoms with Crippen molar-refractivity contribution in [2.24, 2.45) is 0 Å². The summed E-state index contributed by atoms with van der Waals surface area (Å²) in [7, 11) is 0. The van der Waals surface area contributed by atoms with E-state index in [1.165, 1.54) is 0 Å². The maximum Gasteiger partial charge on any atom is 0.319 e. The van der Waals surface area contributed by atoms with Crippen LogP contribution in [0.25, 0.3) is 0 Å². The normalized spacial score (nSPS) is 10.3. The molecule has 0 atom stereocenters. The lowest BCUT2D eigenvalue weighted by atomic mass is 10.1. The minimum absolute atomic E-state index is 0.188. The van der Waals surface area contributed by atoms with Gasteiger partial charge in [-0.3, -0.25) is 0 Å². The van der Waals surface area contributed by atoms with E-state index in [2.05, 4.69) is 16.7 Å². The van der Waals surface area contributed by atoms with Crippen LogP contribution in [0.5, 0.6) is 5.75 Å². The van der Waals surface area contributed by atoms with Crippen LogP contribution in [0.2, 0.25) is 0 Å². The largest absolute Gasteiger partial charge is 0.493 e. The third kappa shape index (κ3) is 5.30. The molecule has 0 heterocycles. The summed E-state index contributed by atoms with van der Waals surface area (Å²) in [6.07, 6.45) is 0.758. The Balaban J connectivity index is 1.71. The van der Waals surface area contributed by atoms with Gasteiger partial charge in [-0.25, -0.2) is 4.79 Å². The smallest absolute Gasteiger partial charge is 0.319 e. The number of carbonyl (C=O) groups excluding carboxylic acids is 1. The molecular weight excluding hydrogens is 300 g/mol. The van der Waals surface area contributed by atoms with Crippen molar-refractivity contribution >= 4 is 11.7 Å². The molecule has 4 heteroatoms. The Labute approximate surface area is 144 Å². The number of benzene rings is 2. The quantitative estimate of drug-likeness (QED) is 0.767. The van der Waals surface area contributed by atoms with Gasteiger partial charge in [-0.2, -0.15) is 0 Å². The molecule has 0 spiro atoms. The molecule has 0 fully saturated rings. The highest BCUT2D eigenvalue weighted by molar-refractivity contribution is 5.89. The van der Waals surface area contributed by atoms with E-state index in [1.807, 2.05) is 58.0 Å². The third-order valence-corrected chi connectivity index (χ3v) is 3.74. The SMILES string of the molecule is Cc1cc(C)cc(NC(=O)NCCCOc2c(C)cccc2C)c1. The Morgan fingerprint density at radius 2 is 1.62 bits per heavy atom. The van der Waals surface area contributed by atoms with Gasteiger partial charge >= 0.3 is 6.03 Å². The zero-order valence-electron chi connectivity index (χ0n) is 14.9. The van der Waals surface area contributed by atoms with Crippen LogP contribution in [0.4, 0.5) is 10.5 Å². The summed E-state index contributed by atoms with van der Waals surface area (Å²) in [5.74, 6) is 0.942. The summed E-state index contributed by atoms with van der Waals surface area (Å²) < 4.78 is 5.83. The molecule has 0 aliphatic carbocycles. The van der Waals surface area contributed by atoms with Crippen LogP contribution >= 0.6 is 0 Å². The second-order valence-corrected chi connectivity index (χ2v) is 6.18. The summed E-state index contributed by atoms with van der Waals surface area (Å²) in [6.45, 7) is 9.26. The second-order valence-electron chi connectivity index (χ2n) is 6.18. The molecule has 0 aliphatic rings. The van der Waals surface area contributed by atoms with Crippen molar-refractivity contribution in [2.45, 2.75) is 34.1 Å². The van der Waals surface area contributed by atoms with Gasteiger partial charge in [0.25, 0.3) is 0 Å². The van der Waals surface area contributed by atoms with E-state index in [1.54, 1.807) is 0 Å². The zero-order valence-corrected chi connectivity index (χ0v) is 14.9. The molecule has 0 radical (unpaired) electrons. The van der Waals surface area contributed by atoms with Crippen molar-refractivity contribution in [1.29, 1.82) is 0 Å². The van der Waals surface area contributed by atoms with Crippen molar-refractivity contribution in [3.05, 3.63) is 58.7 Å². The number of nitrogens with one attached hydrogen (secondary N) is 2. The number of ether oxygens (including phenoxy) is 1. The molecule has 0 aliphatic heterocycles. The Hall–Kier alpha value is -2.49. The first-order valence-electron chi connectivity index (χ1n) is 8.28. The highest BCUT2D eigenvalue weighted by Gasteiger charge is 2.04. The van der Waals surface area contributed by atoms with Gasteiger partial charge in [0.05, 0.1) is 6.61 Å². The Kier molecular flexibility index (Phi) is 6.24. The van der Waals surface area contributed by atoms with Crippen LogP contribution in [0, 0.1) is 27.7 Å². The molecule has 4 nitrogen and oxygen atoms in total. The molecule has 2 N–H and O–H groups in total. The Bertz CT molecular complexity index is 670. The van der Waals surface area contributed by atoms with E-state index in [4.69, 9.17) is 4.74 Å². The first kappa shape index (κ1) is 17.9. The molecule has 0 unspecified atom stereocenters. The van der Waals surface area contributed by atoms with Gasteiger partial charge in [0, 0.05) is 12.2 Å². The predicted octanol–water partition coefficient (Wildman–Crippen LogP) is 4.51. The van der Waals surface area contributed by atoms with E-state index in [9.17, 15) is 4.79 Å². The lowest BCUT2D eigenvalue weighted by Crippen LogP contribution is -2.30. The van der Waals surface area contributed by atoms with Crippen LogP contribution in [-0.4, -0.2) is 19.2 Å². The van der Waals surface area contributed by atoms with Gasteiger partial charge in [-0.1, -0.05) is 24.3 Å². The maximum absolute atomic E-state index is 11.9. The lowest BCUT2D eigenvalue weighted by Gasteiger charge is -2.12. The molecule has 2 aromatic carbocycles. The molecule has 0 saturated carbocycles. The van der Waals surface area contributed by atoms with Crippen molar-refractivity contribution < 1.29 is 9.53 Å². The van der Waals surface area contributed by atoms with Gasteiger partial charge in [-0.05, 0) is 68.5 Å². The fourth-order valence-electron chi connectivity index (χ4n) is 2.70. The van der Waals surface area contributed by atoms with E-state index in [0.717, 1.165) is 40.1 Å². The number of amides is 2. The van der Waals surface area contributed by atoms with Gasteiger partial charge in [-0.15, -0.1) is 0 Å². The Morgan fingerprint density at radius 1 is 1.00 bits per heavy atom. The number of aryl methyl sites for hydroxylation is 4. The van der Waals surface area contributed by atoms with E-state index in [-0.39, 0.29) is 6.03 Å². The number of anilines is 1. The molecule has 2 rings (SSSR count). The minimum Gasteiger partial charge on any atom is -0.493 e. The maximum atomic E-state index is 11.9. The van der Waals surface area contributed by atoms with E-state index < -0.39 is 0 Å². The van der Waals surface area contributed by atoms with Crippen molar-refractivity contribution in [2.75, 3.05) is 18.5 Å². The van der Waals surface area contributed by atoms with Crippen molar-refractivity contribution in [3.8, 4) is 5.75 Å². The molecule has 0 saturated heterocycles. The first-order valence-corrected chi connectivity index (χ1v) is 8.28. The molecule has 0 aromatic heterocycles. The van der Waals surface area contributed by atoms with Crippen LogP contribution in [0.1, 0.15) is 28.7 Å². The molecule has 24 heavy (non-hydrogen) atoms. The average Bonchev–Trinajstić information content (AvgIpc) is 2.48. The molecule has 128 valence electrons. The number of rotatable bonds is 6. The van der Waals surface area contributed by atoms with Crippen molar-refractivity contribution in [3.63, 3.8) is 0 Å². The van der Waals surface area contributed by atoms with Gasteiger partial charge in [0.1, 0.15) is 5.75 Å². The average molecular weight is 326 g/mol. The number of hydrogen-bond acceptors (Lipinski definition) is 2. The summed E-state index contributed by atoms with van der Waals surface area (Å²) in [5, 5.41) is 5.72. The minimum atomic E-state index is -0.188. The molecule has 2 aromatic rings. The summed E-state index contributed by atoms with van der Waals surface area (Å²) in [6, 6.07) is 11.9. The molecule has 2 amide bonds. The van der Waals surface area contributed by atoms with Gasteiger partial charge < -0.3 is 15.4 Å². The number of urea groups is 1. The Morgan fingerprint density at radius 3 is 2.25 bits per heavy atom. The van der Waals surface area contributed by atoms with Gasteiger partial charge in [0.2, 0.25) is 0 Å². The van der Waals surface area contributed by atoms with Gasteiger partial charge in [0.15, 0.2) is 0 Å². The fraction of sp³-hybridized carbons (Fsp3) is 0.350. The highest BCUT2D eigenvalue weighted by atomic mass is 16.5. The zero-order chi connectivity index (χ0) is 17.5. The molecule has 0 bridgehead atoms. The highest BCUT2D eigenvalue weighted by Crippen LogP contribution is 2.22. The predicted molar refractivity (Wildman–Crippen MR) is 99.0 cm³/mol. The summed E-state index contributed by atoms with van der Waals surface area (Å²) in [4.78, 5) is 11.9. The van der Waals surface area contributed by atoms with E-state index in [0.29, 0.717) is 13.2 Å². The number of para-hydroxylation sites is 1. The third-order valence-electron chi connectivity index (χ3n) is 3.74. The van der Waals surface area contributed by atoms with Crippen molar-refractivity contribution in [1.82, 2.24) is 5.32 Å². The monoisotopic (exact) mass is 326 g/mol. The number of hydrogen-bond donors (Lipinski definition) is 2. The standard InChI is InChI=1S/C20H26N2O2/c1-14-11-15(2)13-18(12-14)22-20(23)21-9-6-10-24-19-16(3)7-5-8-17(19)4/h5,7-8,11-13H,6,9-10H2,1-4H3,(H2,21,22,23).